The molecule has 0 radical (unpaired) electrons. The van der Waals surface area contributed by atoms with Crippen LogP contribution in [-0.2, 0) is 9.05 Å². The number of hydrogen-bond donors (Lipinski definition) is 0. The van der Waals surface area contributed by atoms with E-state index in [1.54, 1.807) is 0 Å². The zero-order valence-electron chi connectivity index (χ0n) is 7.27. The number of nitro groups is 1. The van der Waals surface area contributed by atoms with Gasteiger partial charge in [-0.25, -0.2) is 13.4 Å². The molecule has 0 fully saturated rings. The summed E-state index contributed by atoms with van der Waals surface area (Å²) in [6.07, 6.45) is 0.857. The summed E-state index contributed by atoms with van der Waals surface area (Å²) in [5, 5.41) is 10.1. The molecule has 0 saturated heterocycles. The van der Waals surface area contributed by atoms with Crippen LogP contribution in [0.25, 0.3) is 0 Å². The topological polar surface area (TPSA) is 90.2 Å². The first-order valence-corrected chi connectivity index (χ1v) is 6.59. The summed E-state index contributed by atoms with van der Waals surface area (Å²) >= 11 is 2.90. The fraction of sp³-hybridized carbons (Fsp3) is 0.167. The van der Waals surface area contributed by atoms with Gasteiger partial charge in [0.25, 0.3) is 14.7 Å². The molecular formula is C6H4BrClN2O4S. The van der Waals surface area contributed by atoms with Crippen molar-refractivity contribution in [2.45, 2.75) is 11.9 Å². The van der Waals surface area contributed by atoms with Crippen LogP contribution in [0.1, 0.15) is 5.56 Å². The maximum Gasteiger partial charge on any atom is 0.291 e. The lowest BCUT2D eigenvalue weighted by atomic mass is 10.3. The molecule has 0 aliphatic rings. The molecule has 0 unspecified atom stereocenters. The van der Waals surface area contributed by atoms with Gasteiger partial charge in [-0.1, -0.05) is 0 Å². The van der Waals surface area contributed by atoms with Gasteiger partial charge in [-0.05, 0) is 22.9 Å². The van der Waals surface area contributed by atoms with E-state index in [0.29, 0.717) is 0 Å². The quantitative estimate of drug-likeness (QED) is 0.473. The minimum Gasteiger partial charge on any atom is -0.258 e. The molecular weight excluding hydrogens is 312 g/mol. The highest BCUT2D eigenvalue weighted by Crippen LogP contribution is 2.31. The van der Waals surface area contributed by atoms with Crippen molar-refractivity contribution >= 4 is 41.4 Å². The van der Waals surface area contributed by atoms with Crippen molar-refractivity contribution < 1.29 is 13.3 Å². The van der Waals surface area contributed by atoms with E-state index < -0.39 is 19.0 Å². The van der Waals surface area contributed by atoms with Crippen LogP contribution in [0.3, 0.4) is 0 Å². The predicted octanol–water partition coefficient (Wildman–Crippen LogP) is 1.99. The summed E-state index contributed by atoms with van der Waals surface area (Å²) in [7, 11) is 1.07. The monoisotopic (exact) mass is 314 g/mol. The van der Waals surface area contributed by atoms with Gasteiger partial charge < -0.3 is 0 Å². The van der Waals surface area contributed by atoms with E-state index in [9.17, 15) is 18.5 Å². The molecule has 0 aromatic carbocycles. The Bertz CT molecular complexity index is 530. The van der Waals surface area contributed by atoms with Crippen molar-refractivity contribution in [1.29, 1.82) is 0 Å². The van der Waals surface area contributed by atoms with Crippen molar-refractivity contribution in [2.75, 3.05) is 0 Å². The Morgan fingerprint density at radius 2 is 2.13 bits per heavy atom. The average molecular weight is 316 g/mol. The third-order valence-corrected chi connectivity index (χ3v) is 4.08. The Kier molecular flexibility index (Phi) is 3.31. The van der Waals surface area contributed by atoms with Gasteiger partial charge in [-0.3, -0.25) is 10.1 Å². The molecule has 6 nitrogen and oxygen atoms in total. The van der Waals surface area contributed by atoms with Crippen LogP contribution in [0.5, 0.6) is 0 Å². The van der Waals surface area contributed by atoms with Gasteiger partial charge in [0, 0.05) is 16.2 Å². The van der Waals surface area contributed by atoms with Crippen LogP contribution < -0.4 is 0 Å². The van der Waals surface area contributed by atoms with E-state index in [1.165, 1.54) is 6.92 Å². The minimum absolute atomic E-state index is 0.00620. The lowest BCUT2D eigenvalue weighted by Gasteiger charge is -2.02. The van der Waals surface area contributed by atoms with Gasteiger partial charge >= 0.3 is 0 Å². The molecule has 0 aliphatic carbocycles. The third kappa shape index (κ3) is 2.44. The first-order valence-electron chi connectivity index (χ1n) is 3.49. The van der Waals surface area contributed by atoms with Crippen molar-refractivity contribution in [3.05, 3.63) is 26.3 Å². The molecule has 0 amide bonds. The Labute approximate surface area is 98.0 Å². The van der Waals surface area contributed by atoms with Crippen molar-refractivity contribution in [3.63, 3.8) is 0 Å². The first-order chi connectivity index (χ1) is 6.75. The van der Waals surface area contributed by atoms with Crippen molar-refractivity contribution in [2.24, 2.45) is 0 Å². The second-order valence-corrected chi connectivity index (χ2v) is 5.86. The molecule has 0 atom stereocenters. The Balaban J connectivity index is 3.55. The maximum absolute atomic E-state index is 11.0. The number of pyridine rings is 1. The van der Waals surface area contributed by atoms with E-state index in [2.05, 4.69) is 20.9 Å². The van der Waals surface area contributed by atoms with Crippen LogP contribution >= 0.6 is 26.6 Å². The molecule has 1 heterocycles. The summed E-state index contributed by atoms with van der Waals surface area (Å²) in [6.45, 7) is 1.40. The Morgan fingerprint density at radius 3 is 2.53 bits per heavy atom. The van der Waals surface area contributed by atoms with Crippen LogP contribution in [-0.4, -0.2) is 18.3 Å². The smallest absolute Gasteiger partial charge is 0.258 e. The van der Waals surface area contributed by atoms with Gasteiger partial charge in [0.1, 0.15) is 6.20 Å². The van der Waals surface area contributed by atoms with Gasteiger partial charge in [-0.2, -0.15) is 0 Å². The van der Waals surface area contributed by atoms with Crippen LogP contribution in [0.4, 0.5) is 5.69 Å². The van der Waals surface area contributed by atoms with Crippen LogP contribution in [0.15, 0.2) is 15.7 Å². The molecule has 82 valence electrons. The number of halogens is 2. The fourth-order valence-corrected chi connectivity index (χ4v) is 3.02. The second-order valence-electron chi connectivity index (χ2n) is 2.58. The number of nitrogens with zero attached hydrogens (tertiary/aromatic N) is 2. The molecule has 0 bridgehead atoms. The van der Waals surface area contributed by atoms with E-state index in [-0.39, 0.29) is 15.7 Å². The summed E-state index contributed by atoms with van der Waals surface area (Å²) < 4.78 is 22.0. The lowest BCUT2D eigenvalue weighted by Crippen LogP contribution is -2.01. The van der Waals surface area contributed by atoms with Gasteiger partial charge in [0.05, 0.1) is 9.40 Å². The SMILES string of the molecule is Cc1c([N+](=O)[O-])cnc(S(=O)(=O)Cl)c1Br. The fourth-order valence-electron chi connectivity index (χ4n) is 0.900. The first kappa shape index (κ1) is 12.3. The summed E-state index contributed by atoms with van der Waals surface area (Å²) in [5.41, 5.74) is -0.111. The van der Waals surface area contributed by atoms with Crippen molar-refractivity contribution in [3.8, 4) is 0 Å². The molecule has 1 aromatic heterocycles. The summed E-state index contributed by atoms with van der Waals surface area (Å²) in [5.74, 6) is 0. The highest BCUT2D eigenvalue weighted by molar-refractivity contribution is 9.10. The van der Waals surface area contributed by atoms with Gasteiger partial charge in [-0.15, -0.1) is 0 Å². The largest absolute Gasteiger partial charge is 0.291 e. The predicted molar refractivity (Wildman–Crippen MR) is 56.4 cm³/mol. The molecule has 1 aromatic rings. The van der Waals surface area contributed by atoms with E-state index in [0.717, 1.165) is 6.20 Å². The Morgan fingerprint density at radius 1 is 1.60 bits per heavy atom. The molecule has 1 rings (SSSR count). The number of hydrogen-bond acceptors (Lipinski definition) is 5. The summed E-state index contributed by atoms with van der Waals surface area (Å²) in [6, 6.07) is 0. The summed E-state index contributed by atoms with van der Waals surface area (Å²) in [4.78, 5) is 13.3. The van der Waals surface area contributed by atoms with E-state index in [4.69, 9.17) is 10.7 Å². The van der Waals surface area contributed by atoms with E-state index >= 15 is 0 Å². The second kappa shape index (κ2) is 4.03. The van der Waals surface area contributed by atoms with Crippen LogP contribution in [0, 0.1) is 17.0 Å². The standard InChI is InChI=1S/C6H4BrClN2O4S/c1-3-4(10(11)12)2-9-6(5(3)7)15(8,13)14/h2H,1H3. The molecule has 0 spiro atoms. The molecule has 9 heteroatoms. The normalized spacial score (nSPS) is 11.4. The minimum atomic E-state index is -4.01. The lowest BCUT2D eigenvalue weighted by molar-refractivity contribution is -0.385. The van der Waals surface area contributed by atoms with Gasteiger partial charge in [0.15, 0.2) is 5.03 Å². The van der Waals surface area contributed by atoms with Gasteiger partial charge in [0.2, 0.25) is 0 Å². The highest BCUT2D eigenvalue weighted by atomic mass is 79.9. The zero-order valence-corrected chi connectivity index (χ0v) is 10.4. The molecule has 0 aliphatic heterocycles. The third-order valence-electron chi connectivity index (χ3n) is 1.63. The average Bonchev–Trinajstić information content (AvgIpc) is 2.06. The zero-order chi connectivity index (χ0) is 11.8. The van der Waals surface area contributed by atoms with E-state index in [1.807, 2.05) is 0 Å². The number of aromatic nitrogens is 1. The van der Waals surface area contributed by atoms with Crippen molar-refractivity contribution in [1.82, 2.24) is 4.98 Å². The molecule has 0 N–H and O–H groups in total. The highest BCUT2D eigenvalue weighted by Gasteiger charge is 2.23. The molecule has 0 saturated carbocycles. The van der Waals surface area contributed by atoms with Crippen LogP contribution in [0.2, 0.25) is 0 Å². The Hall–Kier alpha value is -0.730. The maximum atomic E-state index is 11.0. The number of rotatable bonds is 2. The molecule has 15 heavy (non-hydrogen) atoms.